The molecule has 17 heavy (non-hydrogen) atoms. The summed E-state index contributed by atoms with van der Waals surface area (Å²) in [7, 11) is 1.67. The number of hydrogen-bond acceptors (Lipinski definition) is 2. The van der Waals surface area contributed by atoms with Crippen molar-refractivity contribution < 1.29 is 9.84 Å². The highest BCUT2D eigenvalue weighted by molar-refractivity contribution is 5.68. The summed E-state index contributed by atoms with van der Waals surface area (Å²) >= 11 is 0. The van der Waals surface area contributed by atoms with Crippen LogP contribution in [0.3, 0.4) is 0 Å². The summed E-state index contributed by atoms with van der Waals surface area (Å²) in [4.78, 5) is 0. The van der Waals surface area contributed by atoms with Gasteiger partial charge in [-0.3, -0.25) is 0 Å². The van der Waals surface area contributed by atoms with Gasteiger partial charge in [0.15, 0.2) is 0 Å². The molecule has 0 bridgehead atoms. The van der Waals surface area contributed by atoms with Crippen LogP contribution in [0.5, 0.6) is 5.75 Å². The molecule has 0 saturated carbocycles. The number of allylic oxidation sites excluding steroid dienone is 1. The Bertz CT molecular complexity index is 415. The van der Waals surface area contributed by atoms with Gasteiger partial charge < -0.3 is 9.84 Å². The number of ether oxygens (including phenoxy) is 1. The Morgan fingerprint density at radius 3 is 2.41 bits per heavy atom. The van der Waals surface area contributed by atoms with Gasteiger partial charge >= 0.3 is 0 Å². The minimum atomic E-state index is -0.323. The fraction of sp³-hybridized carbons (Fsp3) is 0.467. The fourth-order valence-electron chi connectivity index (χ4n) is 2.51. The normalized spacial score (nSPS) is 23.1. The monoisotopic (exact) mass is 232 g/mol. The van der Waals surface area contributed by atoms with Crippen LogP contribution in [-0.2, 0) is 0 Å². The first-order valence-electron chi connectivity index (χ1n) is 6.03. The molecular formula is C15H20O2. The van der Waals surface area contributed by atoms with E-state index in [-0.39, 0.29) is 11.5 Å². The Kier molecular flexibility index (Phi) is 3.25. The maximum Gasteiger partial charge on any atom is 0.118 e. The van der Waals surface area contributed by atoms with Crippen LogP contribution in [0.25, 0.3) is 5.57 Å². The zero-order chi connectivity index (χ0) is 12.5. The summed E-state index contributed by atoms with van der Waals surface area (Å²) < 4.78 is 5.15. The van der Waals surface area contributed by atoms with Gasteiger partial charge in [0.05, 0.1) is 13.2 Å². The predicted octanol–water partition coefficient (Wildman–Crippen LogP) is 3.26. The van der Waals surface area contributed by atoms with Gasteiger partial charge in [-0.1, -0.05) is 32.1 Å². The smallest absolute Gasteiger partial charge is 0.118 e. The van der Waals surface area contributed by atoms with E-state index in [1.165, 1.54) is 11.1 Å². The average molecular weight is 232 g/mol. The van der Waals surface area contributed by atoms with E-state index < -0.39 is 0 Å². The standard InChI is InChI=1S/C15H20O2/c1-15(2)9-12(8-13(16)10-15)11-4-6-14(17-3)7-5-11/h4-8,13,16H,9-10H2,1-3H3. The molecule has 0 amide bonds. The van der Waals surface area contributed by atoms with Gasteiger partial charge in [0.2, 0.25) is 0 Å². The highest BCUT2D eigenvalue weighted by Crippen LogP contribution is 2.39. The lowest BCUT2D eigenvalue weighted by Crippen LogP contribution is -2.24. The minimum absolute atomic E-state index is 0.170. The van der Waals surface area contributed by atoms with E-state index in [4.69, 9.17) is 4.74 Å². The molecule has 0 aromatic heterocycles. The summed E-state index contributed by atoms with van der Waals surface area (Å²) in [5.74, 6) is 0.866. The van der Waals surface area contributed by atoms with Crippen molar-refractivity contribution >= 4 is 5.57 Å². The number of aliphatic hydroxyl groups is 1. The van der Waals surface area contributed by atoms with Gasteiger partial charge in [-0.15, -0.1) is 0 Å². The third-order valence-electron chi connectivity index (χ3n) is 3.29. The Balaban J connectivity index is 2.26. The van der Waals surface area contributed by atoms with Crippen molar-refractivity contribution in [3.63, 3.8) is 0 Å². The fourth-order valence-corrected chi connectivity index (χ4v) is 2.51. The van der Waals surface area contributed by atoms with Gasteiger partial charge in [-0.2, -0.15) is 0 Å². The molecule has 0 aliphatic heterocycles. The molecular weight excluding hydrogens is 212 g/mol. The summed E-state index contributed by atoms with van der Waals surface area (Å²) in [6, 6.07) is 8.03. The summed E-state index contributed by atoms with van der Waals surface area (Å²) in [5, 5.41) is 9.88. The SMILES string of the molecule is COc1ccc(C2=CC(O)CC(C)(C)C2)cc1. The van der Waals surface area contributed by atoms with Gasteiger partial charge in [0, 0.05) is 0 Å². The Hall–Kier alpha value is -1.28. The first kappa shape index (κ1) is 12.2. The van der Waals surface area contributed by atoms with Gasteiger partial charge in [-0.05, 0) is 41.5 Å². The molecule has 0 saturated heterocycles. The lowest BCUT2D eigenvalue weighted by atomic mass is 9.74. The van der Waals surface area contributed by atoms with Crippen LogP contribution in [0.1, 0.15) is 32.3 Å². The second-order valence-corrected chi connectivity index (χ2v) is 5.53. The first-order valence-corrected chi connectivity index (χ1v) is 6.03. The zero-order valence-corrected chi connectivity index (χ0v) is 10.7. The van der Waals surface area contributed by atoms with Crippen molar-refractivity contribution in [1.82, 2.24) is 0 Å². The Labute approximate surface area is 103 Å². The molecule has 2 heteroatoms. The average Bonchev–Trinajstić information content (AvgIpc) is 2.26. The third kappa shape index (κ3) is 2.89. The third-order valence-corrected chi connectivity index (χ3v) is 3.29. The molecule has 0 radical (unpaired) electrons. The van der Waals surface area contributed by atoms with E-state index in [1.54, 1.807) is 7.11 Å². The van der Waals surface area contributed by atoms with Crippen LogP contribution in [0.15, 0.2) is 30.3 Å². The Morgan fingerprint density at radius 2 is 1.88 bits per heavy atom. The van der Waals surface area contributed by atoms with Crippen LogP contribution in [0.4, 0.5) is 0 Å². The van der Waals surface area contributed by atoms with E-state index in [0.29, 0.717) is 0 Å². The lowest BCUT2D eigenvalue weighted by molar-refractivity contribution is 0.146. The Morgan fingerprint density at radius 1 is 1.24 bits per heavy atom. The molecule has 2 rings (SSSR count). The molecule has 1 unspecified atom stereocenters. The molecule has 2 nitrogen and oxygen atoms in total. The molecule has 1 aromatic rings. The second kappa shape index (κ2) is 4.53. The molecule has 0 fully saturated rings. The molecule has 0 heterocycles. The number of rotatable bonds is 2. The summed E-state index contributed by atoms with van der Waals surface area (Å²) in [6.07, 6.45) is 3.51. The van der Waals surface area contributed by atoms with Crippen LogP contribution in [0, 0.1) is 5.41 Å². The predicted molar refractivity (Wildman–Crippen MR) is 70.0 cm³/mol. The maximum absolute atomic E-state index is 9.88. The highest BCUT2D eigenvalue weighted by Gasteiger charge is 2.27. The number of aliphatic hydroxyl groups excluding tert-OH is 1. The quantitative estimate of drug-likeness (QED) is 0.848. The van der Waals surface area contributed by atoms with Crippen LogP contribution < -0.4 is 4.74 Å². The van der Waals surface area contributed by atoms with Crippen LogP contribution in [0.2, 0.25) is 0 Å². The van der Waals surface area contributed by atoms with Crippen molar-refractivity contribution in [2.75, 3.05) is 7.11 Å². The molecule has 1 aliphatic rings. The number of benzene rings is 1. The topological polar surface area (TPSA) is 29.5 Å². The van der Waals surface area contributed by atoms with E-state index in [2.05, 4.69) is 26.0 Å². The van der Waals surface area contributed by atoms with E-state index >= 15 is 0 Å². The van der Waals surface area contributed by atoms with Gasteiger partial charge in [0.1, 0.15) is 5.75 Å². The second-order valence-electron chi connectivity index (χ2n) is 5.53. The zero-order valence-electron chi connectivity index (χ0n) is 10.7. The highest BCUT2D eigenvalue weighted by atomic mass is 16.5. The van der Waals surface area contributed by atoms with Crippen LogP contribution >= 0.6 is 0 Å². The van der Waals surface area contributed by atoms with Gasteiger partial charge in [-0.25, -0.2) is 0 Å². The molecule has 1 aromatic carbocycles. The van der Waals surface area contributed by atoms with Crippen molar-refractivity contribution in [2.45, 2.75) is 32.8 Å². The van der Waals surface area contributed by atoms with Gasteiger partial charge in [0.25, 0.3) is 0 Å². The molecule has 92 valence electrons. The first-order chi connectivity index (χ1) is 8.00. The minimum Gasteiger partial charge on any atom is -0.497 e. The maximum atomic E-state index is 9.88. The molecule has 1 aliphatic carbocycles. The van der Waals surface area contributed by atoms with E-state index in [0.717, 1.165) is 18.6 Å². The van der Waals surface area contributed by atoms with Crippen molar-refractivity contribution in [3.05, 3.63) is 35.9 Å². The lowest BCUT2D eigenvalue weighted by Gasteiger charge is -2.32. The van der Waals surface area contributed by atoms with Crippen molar-refractivity contribution in [2.24, 2.45) is 5.41 Å². The van der Waals surface area contributed by atoms with E-state index in [1.807, 2.05) is 18.2 Å². The van der Waals surface area contributed by atoms with E-state index in [9.17, 15) is 5.11 Å². The summed E-state index contributed by atoms with van der Waals surface area (Å²) in [6.45, 7) is 4.40. The molecule has 1 N–H and O–H groups in total. The van der Waals surface area contributed by atoms with Crippen molar-refractivity contribution in [3.8, 4) is 5.75 Å². The largest absolute Gasteiger partial charge is 0.497 e. The van der Waals surface area contributed by atoms with Crippen LogP contribution in [-0.4, -0.2) is 18.3 Å². The molecule has 0 spiro atoms. The number of hydrogen-bond donors (Lipinski definition) is 1. The molecule has 1 atom stereocenters. The summed E-state index contributed by atoms with van der Waals surface area (Å²) in [5.41, 5.74) is 2.58. The van der Waals surface area contributed by atoms with Crippen molar-refractivity contribution in [1.29, 1.82) is 0 Å². The number of methoxy groups -OCH3 is 1.